The van der Waals surface area contributed by atoms with Crippen LogP contribution in [0.3, 0.4) is 0 Å². The van der Waals surface area contributed by atoms with E-state index in [9.17, 15) is 0 Å². The molecular weight excluding hydrogens is 489 g/mol. The average molecular weight is 520 g/mol. The third kappa shape index (κ3) is 6.99. The Morgan fingerprint density at radius 3 is 2.96 bits per heavy atom. The van der Waals surface area contributed by atoms with Gasteiger partial charge in [0.1, 0.15) is 0 Å². The first-order chi connectivity index (χ1) is 12.6. The van der Waals surface area contributed by atoms with E-state index < -0.39 is 0 Å². The van der Waals surface area contributed by atoms with Gasteiger partial charge in [-0.05, 0) is 43.7 Å². The zero-order valence-electron chi connectivity index (χ0n) is 16.4. The number of thiazole rings is 1. The van der Waals surface area contributed by atoms with Crippen molar-refractivity contribution in [3.8, 4) is 0 Å². The summed E-state index contributed by atoms with van der Waals surface area (Å²) in [5.41, 5.74) is 1.11. The van der Waals surface area contributed by atoms with Crippen molar-refractivity contribution < 1.29 is 0 Å². The Bertz CT molecular complexity index is 701. The molecule has 8 heteroatoms. The number of likely N-dealkylation sites (tertiary alicyclic amines) is 1. The van der Waals surface area contributed by atoms with Crippen LogP contribution in [-0.4, -0.2) is 54.5 Å². The summed E-state index contributed by atoms with van der Waals surface area (Å²) in [6.07, 6.45) is 2.57. The van der Waals surface area contributed by atoms with Gasteiger partial charge in [-0.1, -0.05) is 6.07 Å². The molecule has 3 heterocycles. The van der Waals surface area contributed by atoms with E-state index in [1.54, 1.807) is 11.3 Å². The summed E-state index contributed by atoms with van der Waals surface area (Å²) in [7, 11) is 3.93. The Morgan fingerprint density at radius 1 is 1.44 bits per heavy atom. The number of guanidine groups is 1. The Labute approximate surface area is 187 Å². The summed E-state index contributed by atoms with van der Waals surface area (Å²) < 4.78 is 0. The van der Waals surface area contributed by atoms with Crippen molar-refractivity contribution in [2.45, 2.75) is 32.9 Å². The van der Waals surface area contributed by atoms with Crippen LogP contribution >= 0.6 is 46.7 Å². The van der Waals surface area contributed by atoms with Gasteiger partial charge in [-0.2, -0.15) is 0 Å². The first-order valence-electron chi connectivity index (χ1n) is 9.21. The third-order valence-corrected chi connectivity index (χ3v) is 6.43. The van der Waals surface area contributed by atoms with Gasteiger partial charge in [0, 0.05) is 44.0 Å². The predicted octanol–water partition coefficient (Wildman–Crippen LogP) is 4.05. The molecule has 1 unspecified atom stereocenters. The predicted molar refractivity (Wildman–Crippen MR) is 127 cm³/mol. The third-order valence-electron chi connectivity index (χ3n) is 4.75. The van der Waals surface area contributed by atoms with Crippen LogP contribution in [-0.2, 0) is 13.1 Å². The van der Waals surface area contributed by atoms with Crippen LogP contribution in [0.1, 0.15) is 28.4 Å². The normalized spacial score (nSPS) is 18.2. The van der Waals surface area contributed by atoms with Gasteiger partial charge >= 0.3 is 0 Å². The number of aromatic nitrogens is 1. The van der Waals surface area contributed by atoms with E-state index in [1.807, 2.05) is 25.3 Å². The van der Waals surface area contributed by atoms with Crippen LogP contribution in [0.2, 0.25) is 0 Å². The van der Waals surface area contributed by atoms with Gasteiger partial charge in [-0.3, -0.25) is 9.89 Å². The minimum Gasteiger partial charge on any atom is -0.356 e. The number of thiophene rings is 1. The molecule has 0 aromatic carbocycles. The second kappa shape index (κ2) is 11.3. The van der Waals surface area contributed by atoms with Crippen molar-refractivity contribution in [2.75, 3.05) is 33.7 Å². The molecule has 1 atom stereocenters. The highest BCUT2D eigenvalue weighted by molar-refractivity contribution is 14.0. The zero-order chi connectivity index (χ0) is 18.4. The first kappa shape index (κ1) is 22.6. The number of piperidine rings is 1. The molecule has 0 amide bonds. The van der Waals surface area contributed by atoms with Crippen LogP contribution in [0.25, 0.3) is 0 Å². The molecule has 1 aliphatic rings. The number of aliphatic imine (C=N–C) groups is 1. The van der Waals surface area contributed by atoms with Crippen molar-refractivity contribution in [1.29, 1.82) is 0 Å². The minimum atomic E-state index is 0. The van der Waals surface area contributed by atoms with Gasteiger partial charge < -0.3 is 10.2 Å². The van der Waals surface area contributed by atoms with Crippen molar-refractivity contribution in [2.24, 2.45) is 10.9 Å². The highest BCUT2D eigenvalue weighted by Gasteiger charge is 2.21. The van der Waals surface area contributed by atoms with Crippen molar-refractivity contribution in [1.82, 2.24) is 20.1 Å². The molecule has 0 aliphatic carbocycles. The van der Waals surface area contributed by atoms with E-state index in [0.717, 1.165) is 42.8 Å². The summed E-state index contributed by atoms with van der Waals surface area (Å²) in [6, 6.07) is 4.39. The zero-order valence-corrected chi connectivity index (χ0v) is 20.3. The van der Waals surface area contributed by atoms with E-state index in [0.29, 0.717) is 5.92 Å². The maximum Gasteiger partial charge on any atom is 0.193 e. The maximum absolute atomic E-state index is 4.55. The lowest BCUT2D eigenvalue weighted by atomic mass is 9.98. The molecule has 1 aliphatic heterocycles. The Hall–Kier alpha value is -0.710. The van der Waals surface area contributed by atoms with Crippen molar-refractivity contribution in [3.05, 3.63) is 38.5 Å². The molecule has 0 saturated carbocycles. The maximum atomic E-state index is 4.55. The fourth-order valence-corrected chi connectivity index (χ4v) is 4.85. The Balaban J connectivity index is 0.00000261. The van der Waals surface area contributed by atoms with Gasteiger partial charge in [0.15, 0.2) is 5.96 Å². The van der Waals surface area contributed by atoms with E-state index in [2.05, 4.69) is 55.0 Å². The van der Waals surface area contributed by atoms with Gasteiger partial charge in [-0.15, -0.1) is 46.7 Å². The molecule has 5 nitrogen and oxygen atoms in total. The second-order valence-electron chi connectivity index (χ2n) is 6.96. The molecule has 150 valence electrons. The number of nitrogens with one attached hydrogen (secondary N) is 1. The highest BCUT2D eigenvalue weighted by atomic mass is 127. The number of nitrogens with zero attached hydrogens (tertiary/aromatic N) is 4. The molecule has 2 aromatic rings. The van der Waals surface area contributed by atoms with E-state index in [-0.39, 0.29) is 24.0 Å². The molecule has 27 heavy (non-hydrogen) atoms. The quantitative estimate of drug-likeness (QED) is 0.356. The summed E-state index contributed by atoms with van der Waals surface area (Å²) in [4.78, 5) is 15.2. The second-order valence-corrected chi connectivity index (χ2v) is 9.06. The Kier molecular flexibility index (Phi) is 9.47. The highest BCUT2D eigenvalue weighted by Crippen LogP contribution is 2.20. The minimum absolute atomic E-state index is 0. The van der Waals surface area contributed by atoms with Crippen molar-refractivity contribution >= 4 is 52.6 Å². The fourth-order valence-electron chi connectivity index (χ4n) is 3.50. The molecule has 3 rings (SSSR count). The smallest absolute Gasteiger partial charge is 0.193 e. The lowest BCUT2D eigenvalue weighted by Gasteiger charge is -2.33. The van der Waals surface area contributed by atoms with Gasteiger partial charge in [0.25, 0.3) is 0 Å². The van der Waals surface area contributed by atoms with Gasteiger partial charge in [-0.25, -0.2) is 4.98 Å². The largest absolute Gasteiger partial charge is 0.356 e. The topological polar surface area (TPSA) is 43.8 Å². The number of hydrogen-bond donors (Lipinski definition) is 1. The molecule has 0 spiro atoms. The summed E-state index contributed by atoms with van der Waals surface area (Å²) in [5, 5.41) is 8.98. The van der Waals surface area contributed by atoms with Crippen molar-refractivity contribution in [3.63, 3.8) is 0 Å². The summed E-state index contributed by atoms with van der Waals surface area (Å²) in [5.74, 6) is 1.63. The molecule has 1 saturated heterocycles. The molecular formula is C19H30IN5S2. The van der Waals surface area contributed by atoms with E-state index in [1.165, 1.54) is 24.3 Å². The number of halogens is 1. The summed E-state index contributed by atoms with van der Waals surface area (Å²) >= 11 is 3.56. The molecule has 1 fully saturated rings. The monoisotopic (exact) mass is 519 g/mol. The molecule has 0 radical (unpaired) electrons. The average Bonchev–Trinajstić information content (AvgIpc) is 3.27. The fraction of sp³-hybridized carbons (Fsp3) is 0.579. The molecule has 1 N–H and O–H groups in total. The van der Waals surface area contributed by atoms with Crippen LogP contribution in [0.15, 0.2) is 27.9 Å². The molecule has 2 aromatic heterocycles. The Morgan fingerprint density at radius 2 is 2.30 bits per heavy atom. The summed E-state index contributed by atoms with van der Waals surface area (Å²) in [6.45, 7) is 7.29. The van der Waals surface area contributed by atoms with Crippen LogP contribution in [0.4, 0.5) is 0 Å². The number of rotatable bonds is 6. The van der Waals surface area contributed by atoms with Crippen LogP contribution in [0, 0.1) is 12.8 Å². The van der Waals surface area contributed by atoms with Gasteiger partial charge in [0.2, 0.25) is 0 Å². The lowest BCUT2D eigenvalue weighted by Crippen LogP contribution is -2.44. The van der Waals surface area contributed by atoms with E-state index in [4.69, 9.17) is 0 Å². The van der Waals surface area contributed by atoms with E-state index >= 15 is 0 Å². The van der Waals surface area contributed by atoms with Crippen LogP contribution < -0.4 is 5.32 Å². The SMILES string of the molecule is CN=C(NCC1CCCN(Cc2cccs2)C1)N(C)Cc1csc(C)n1.I. The lowest BCUT2D eigenvalue weighted by molar-refractivity contribution is 0.169. The number of hydrogen-bond acceptors (Lipinski definition) is 5. The standard InChI is InChI=1S/C19H29N5S2.HI/c1-15-22-17(14-26-15)12-23(3)19(20-2)21-10-16-6-4-8-24(11-16)13-18-7-5-9-25-18;/h5,7,9,14,16H,4,6,8,10-13H2,1-3H3,(H,20,21);1H. The van der Waals surface area contributed by atoms with Gasteiger partial charge in [0.05, 0.1) is 17.2 Å². The van der Waals surface area contributed by atoms with Crippen LogP contribution in [0.5, 0.6) is 0 Å². The number of aryl methyl sites for hydroxylation is 1. The first-order valence-corrected chi connectivity index (χ1v) is 11.0. The molecule has 0 bridgehead atoms.